The number of carbonyl (C=O) groups excluding carboxylic acids is 1. The van der Waals surface area contributed by atoms with Crippen LogP contribution in [0.4, 0.5) is 0 Å². The molecule has 7 nitrogen and oxygen atoms in total. The van der Waals surface area contributed by atoms with Crippen LogP contribution in [-0.2, 0) is 9.53 Å². The Morgan fingerprint density at radius 1 is 1.25 bits per heavy atom. The minimum absolute atomic E-state index is 0.0105. The van der Waals surface area contributed by atoms with Crippen molar-refractivity contribution >= 4 is 11.9 Å². The largest absolute Gasteiger partial charge is 0.381 e. The van der Waals surface area contributed by atoms with Crippen LogP contribution in [-0.4, -0.2) is 88.2 Å². The fourth-order valence-corrected chi connectivity index (χ4v) is 2.96. The van der Waals surface area contributed by atoms with Gasteiger partial charge in [0, 0.05) is 46.3 Å². The molecule has 2 rings (SSSR count). The molecule has 1 unspecified atom stereocenters. The van der Waals surface area contributed by atoms with Crippen LogP contribution in [0.5, 0.6) is 0 Å². The number of nitrogens with one attached hydrogen (secondary N) is 2. The summed E-state index contributed by atoms with van der Waals surface area (Å²) in [7, 11) is 3.51. The number of guanidine groups is 1. The van der Waals surface area contributed by atoms with Gasteiger partial charge in [0.2, 0.25) is 5.91 Å². The molecule has 2 saturated heterocycles. The summed E-state index contributed by atoms with van der Waals surface area (Å²) in [6.07, 6.45) is 5.05. The van der Waals surface area contributed by atoms with E-state index in [0.29, 0.717) is 5.92 Å². The number of likely N-dealkylation sites (N-methyl/N-ethyl adjacent to an activating group) is 1. The van der Waals surface area contributed by atoms with E-state index in [2.05, 4.69) is 20.5 Å². The molecule has 1 amide bonds. The van der Waals surface area contributed by atoms with Crippen LogP contribution in [0.2, 0.25) is 0 Å². The lowest BCUT2D eigenvalue weighted by Gasteiger charge is -2.26. The Morgan fingerprint density at radius 2 is 2.04 bits per heavy atom. The van der Waals surface area contributed by atoms with E-state index >= 15 is 0 Å². The van der Waals surface area contributed by atoms with Gasteiger partial charge in [0.05, 0.1) is 6.61 Å². The third-order valence-corrected chi connectivity index (χ3v) is 4.62. The first-order chi connectivity index (χ1) is 11.6. The van der Waals surface area contributed by atoms with Gasteiger partial charge in [-0.3, -0.25) is 4.79 Å². The normalized spacial score (nSPS) is 22.4. The standard InChI is InChI=1S/C17H33N5O2/c1-21(2)16(23)13-20-17(19-12-15-6-11-24-14-15)18-7-10-22-8-4-3-5-9-22/h15H,3-14H2,1-2H3,(H2,18,19,20). The van der Waals surface area contributed by atoms with Crippen LogP contribution in [0.3, 0.4) is 0 Å². The van der Waals surface area contributed by atoms with E-state index < -0.39 is 0 Å². The fraction of sp³-hybridized carbons (Fsp3) is 0.882. The Labute approximate surface area is 145 Å². The lowest BCUT2D eigenvalue weighted by Crippen LogP contribution is -2.44. The number of amides is 1. The molecule has 0 spiro atoms. The first-order valence-corrected chi connectivity index (χ1v) is 9.17. The fourth-order valence-electron chi connectivity index (χ4n) is 2.96. The Morgan fingerprint density at radius 3 is 2.71 bits per heavy atom. The molecule has 2 aliphatic heterocycles. The SMILES string of the molecule is CN(C)C(=O)CN=C(NCCN1CCCCC1)NCC1CCOC1. The van der Waals surface area contributed by atoms with Gasteiger partial charge in [-0.2, -0.15) is 0 Å². The van der Waals surface area contributed by atoms with Gasteiger partial charge in [-0.05, 0) is 32.4 Å². The average Bonchev–Trinajstić information content (AvgIpc) is 3.10. The predicted molar refractivity (Wildman–Crippen MR) is 96.2 cm³/mol. The molecule has 0 aromatic heterocycles. The number of aliphatic imine (C=N–C) groups is 1. The quantitative estimate of drug-likeness (QED) is 0.510. The third-order valence-electron chi connectivity index (χ3n) is 4.62. The lowest BCUT2D eigenvalue weighted by molar-refractivity contribution is -0.127. The van der Waals surface area contributed by atoms with Crippen LogP contribution < -0.4 is 10.6 Å². The Kier molecular flexibility index (Phi) is 8.32. The van der Waals surface area contributed by atoms with Crippen molar-refractivity contribution in [1.82, 2.24) is 20.4 Å². The second-order valence-corrected chi connectivity index (χ2v) is 6.89. The van der Waals surface area contributed by atoms with Crippen molar-refractivity contribution in [1.29, 1.82) is 0 Å². The highest BCUT2D eigenvalue weighted by Gasteiger charge is 2.16. The van der Waals surface area contributed by atoms with E-state index in [9.17, 15) is 4.79 Å². The van der Waals surface area contributed by atoms with Crippen molar-refractivity contribution in [3.05, 3.63) is 0 Å². The average molecular weight is 339 g/mol. The molecule has 2 aliphatic rings. The molecule has 2 fully saturated rings. The maximum Gasteiger partial charge on any atom is 0.243 e. The van der Waals surface area contributed by atoms with Gasteiger partial charge < -0.3 is 25.2 Å². The lowest BCUT2D eigenvalue weighted by atomic mass is 10.1. The summed E-state index contributed by atoms with van der Waals surface area (Å²) in [4.78, 5) is 20.3. The smallest absolute Gasteiger partial charge is 0.243 e. The summed E-state index contributed by atoms with van der Waals surface area (Å²) in [5.74, 6) is 1.27. The predicted octanol–water partition coefficient (Wildman–Crippen LogP) is 0.132. The van der Waals surface area contributed by atoms with Crippen LogP contribution in [0, 0.1) is 5.92 Å². The number of hydrogen-bond donors (Lipinski definition) is 2. The highest BCUT2D eigenvalue weighted by molar-refractivity contribution is 5.84. The van der Waals surface area contributed by atoms with Crippen molar-refractivity contribution in [2.24, 2.45) is 10.9 Å². The number of rotatable bonds is 7. The second-order valence-electron chi connectivity index (χ2n) is 6.89. The van der Waals surface area contributed by atoms with Crippen LogP contribution in [0.1, 0.15) is 25.7 Å². The highest BCUT2D eigenvalue weighted by Crippen LogP contribution is 2.10. The number of hydrogen-bond acceptors (Lipinski definition) is 4. The number of carbonyl (C=O) groups is 1. The molecule has 1 atom stereocenters. The van der Waals surface area contributed by atoms with E-state index in [4.69, 9.17) is 4.74 Å². The van der Waals surface area contributed by atoms with E-state index in [-0.39, 0.29) is 12.5 Å². The zero-order valence-electron chi connectivity index (χ0n) is 15.2. The van der Waals surface area contributed by atoms with Gasteiger partial charge >= 0.3 is 0 Å². The van der Waals surface area contributed by atoms with Gasteiger partial charge in [0.1, 0.15) is 6.54 Å². The summed E-state index contributed by atoms with van der Waals surface area (Å²) in [5.41, 5.74) is 0. The molecular formula is C17H33N5O2. The summed E-state index contributed by atoms with van der Waals surface area (Å²) in [6, 6.07) is 0. The van der Waals surface area contributed by atoms with Gasteiger partial charge in [-0.1, -0.05) is 6.42 Å². The summed E-state index contributed by atoms with van der Waals surface area (Å²) in [6.45, 7) is 6.93. The van der Waals surface area contributed by atoms with Gasteiger partial charge in [-0.15, -0.1) is 0 Å². The molecule has 24 heavy (non-hydrogen) atoms. The van der Waals surface area contributed by atoms with Crippen LogP contribution in [0.25, 0.3) is 0 Å². The van der Waals surface area contributed by atoms with Crippen molar-refractivity contribution in [2.45, 2.75) is 25.7 Å². The monoisotopic (exact) mass is 339 g/mol. The molecule has 0 radical (unpaired) electrons. The summed E-state index contributed by atoms with van der Waals surface area (Å²) < 4.78 is 5.41. The molecule has 7 heteroatoms. The Bertz CT molecular complexity index is 402. The van der Waals surface area contributed by atoms with Crippen molar-refractivity contribution in [2.75, 3.05) is 66.6 Å². The number of likely N-dealkylation sites (tertiary alicyclic amines) is 1. The Hall–Kier alpha value is -1.34. The third kappa shape index (κ3) is 7.05. The minimum atomic E-state index is 0.0105. The van der Waals surface area contributed by atoms with Crippen molar-refractivity contribution < 1.29 is 9.53 Å². The summed E-state index contributed by atoms with van der Waals surface area (Å²) in [5, 5.41) is 6.73. The minimum Gasteiger partial charge on any atom is -0.381 e. The number of piperidine rings is 1. The van der Waals surface area contributed by atoms with E-state index in [1.54, 1.807) is 19.0 Å². The van der Waals surface area contributed by atoms with Gasteiger partial charge in [-0.25, -0.2) is 4.99 Å². The molecule has 2 N–H and O–H groups in total. The zero-order chi connectivity index (χ0) is 17.2. The molecule has 0 aromatic carbocycles. The molecule has 138 valence electrons. The molecule has 0 aliphatic carbocycles. The molecular weight excluding hydrogens is 306 g/mol. The molecule has 0 saturated carbocycles. The van der Waals surface area contributed by atoms with Crippen LogP contribution in [0.15, 0.2) is 4.99 Å². The zero-order valence-corrected chi connectivity index (χ0v) is 15.2. The van der Waals surface area contributed by atoms with Crippen molar-refractivity contribution in [3.63, 3.8) is 0 Å². The maximum absolute atomic E-state index is 11.8. The molecule has 0 aromatic rings. The first kappa shape index (κ1) is 19.0. The Balaban J connectivity index is 1.76. The summed E-state index contributed by atoms with van der Waals surface area (Å²) >= 11 is 0. The topological polar surface area (TPSA) is 69.2 Å². The van der Waals surface area contributed by atoms with E-state index in [1.807, 2.05) is 0 Å². The van der Waals surface area contributed by atoms with Gasteiger partial charge in [0.25, 0.3) is 0 Å². The molecule has 2 heterocycles. The van der Waals surface area contributed by atoms with Crippen molar-refractivity contribution in [3.8, 4) is 0 Å². The molecule has 0 bridgehead atoms. The number of ether oxygens (including phenoxy) is 1. The first-order valence-electron chi connectivity index (χ1n) is 9.17. The van der Waals surface area contributed by atoms with E-state index in [0.717, 1.165) is 45.2 Å². The second kappa shape index (κ2) is 10.5. The highest BCUT2D eigenvalue weighted by atomic mass is 16.5. The van der Waals surface area contributed by atoms with Crippen LogP contribution >= 0.6 is 0 Å². The maximum atomic E-state index is 11.8. The van der Waals surface area contributed by atoms with E-state index in [1.165, 1.54) is 32.4 Å². The number of nitrogens with zero attached hydrogens (tertiary/aromatic N) is 3. The van der Waals surface area contributed by atoms with Gasteiger partial charge in [0.15, 0.2) is 5.96 Å².